The third-order valence-electron chi connectivity index (χ3n) is 5.37. The number of hydrogen-bond donors (Lipinski definition) is 1. The number of amides is 1. The Kier molecular flexibility index (Phi) is 7.06. The molecule has 4 atom stereocenters. The molecule has 3 rings (SSSR count). The molecule has 0 aliphatic carbocycles. The summed E-state index contributed by atoms with van der Waals surface area (Å²) < 4.78 is 11.4. The van der Waals surface area contributed by atoms with E-state index in [0.717, 1.165) is 24.0 Å². The summed E-state index contributed by atoms with van der Waals surface area (Å²) in [6.45, 7) is 4.59. The van der Waals surface area contributed by atoms with Crippen LogP contribution in [0, 0.1) is 5.92 Å². The number of rotatable bonds is 6. The molecule has 5 nitrogen and oxygen atoms in total. The predicted octanol–water partition coefficient (Wildman–Crippen LogP) is 4.35. The molecule has 28 heavy (non-hydrogen) atoms. The number of carbonyl (C=O) groups excluding carboxylic acids is 1. The van der Waals surface area contributed by atoms with E-state index in [0.29, 0.717) is 6.54 Å². The molecule has 0 saturated carbocycles. The standard InChI is InChI=1S/C23H29NO4/c1-17-13-14-21(28-22(17)25)18(2)24(15-19-9-5-3-6-10-19)23(26)27-16-20-11-7-4-8-12-20/h3-12,17-18,21-22,25H,13-16H2,1-2H3/t17?,18-,21+,22?/m1/s1. The molecule has 0 spiro atoms. The second kappa shape index (κ2) is 9.71. The van der Waals surface area contributed by atoms with Crippen LogP contribution in [-0.2, 0) is 22.6 Å². The van der Waals surface area contributed by atoms with E-state index >= 15 is 0 Å². The summed E-state index contributed by atoms with van der Waals surface area (Å²) in [7, 11) is 0. The van der Waals surface area contributed by atoms with Gasteiger partial charge in [-0.15, -0.1) is 0 Å². The van der Waals surface area contributed by atoms with E-state index in [4.69, 9.17) is 9.47 Å². The Hall–Kier alpha value is -2.37. The molecule has 1 saturated heterocycles. The van der Waals surface area contributed by atoms with Crippen molar-refractivity contribution in [1.82, 2.24) is 4.90 Å². The quantitative estimate of drug-likeness (QED) is 0.806. The minimum atomic E-state index is -0.792. The van der Waals surface area contributed by atoms with Gasteiger partial charge in [0, 0.05) is 12.5 Å². The highest BCUT2D eigenvalue weighted by molar-refractivity contribution is 5.68. The van der Waals surface area contributed by atoms with E-state index in [1.807, 2.05) is 74.5 Å². The number of benzene rings is 2. The average molecular weight is 383 g/mol. The molecule has 0 bridgehead atoms. The summed E-state index contributed by atoms with van der Waals surface area (Å²) in [4.78, 5) is 14.6. The summed E-state index contributed by atoms with van der Waals surface area (Å²) >= 11 is 0. The molecule has 1 heterocycles. The maximum atomic E-state index is 12.9. The largest absolute Gasteiger partial charge is 0.445 e. The van der Waals surface area contributed by atoms with Gasteiger partial charge >= 0.3 is 6.09 Å². The minimum absolute atomic E-state index is 0.107. The van der Waals surface area contributed by atoms with Crippen molar-refractivity contribution in [2.75, 3.05) is 0 Å². The van der Waals surface area contributed by atoms with Gasteiger partial charge < -0.3 is 14.6 Å². The van der Waals surface area contributed by atoms with Crippen molar-refractivity contribution in [3.63, 3.8) is 0 Å². The topological polar surface area (TPSA) is 59.0 Å². The maximum absolute atomic E-state index is 12.9. The van der Waals surface area contributed by atoms with Crippen LogP contribution < -0.4 is 0 Å². The number of hydrogen-bond acceptors (Lipinski definition) is 4. The molecule has 5 heteroatoms. The molecular weight excluding hydrogens is 354 g/mol. The number of aliphatic hydroxyl groups is 1. The highest BCUT2D eigenvalue weighted by Crippen LogP contribution is 2.28. The SMILES string of the molecule is CC1CC[C@@H]([C@@H](C)N(Cc2ccccc2)C(=O)OCc2ccccc2)OC1O. The van der Waals surface area contributed by atoms with Gasteiger partial charge in [0.2, 0.25) is 0 Å². The van der Waals surface area contributed by atoms with Crippen LogP contribution in [0.4, 0.5) is 4.79 Å². The monoisotopic (exact) mass is 383 g/mol. The summed E-state index contributed by atoms with van der Waals surface area (Å²) in [5, 5.41) is 10.1. The first-order valence-electron chi connectivity index (χ1n) is 9.89. The van der Waals surface area contributed by atoms with Gasteiger partial charge in [-0.25, -0.2) is 4.79 Å². The number of aliphatic hydroxyl groups excluding tert-OH is 1. The van der Waals surface area contributed by atoms with Crippen molar-refractivity contribution in [3.05, 3.63) is 71.8 Å². The smallest absolute Gasteiger partial charge is 0.410 e. The van der Waals surface area contributed by atoms with Gasteiger partial charge in [-0.1, -0.05) is 67.6 Å². The first-order chi connectivity index (χ1) is 13.5. The minimum Gasteiger partial charge on any atom is -0.445 e. The van der Waals surface area contributed by atoms with Gasteiger partial charge in [0.15, 0.2) is 6.29 Å². The molecule has 150 valence electrons. The highest BCUT2D eigenvalue weighted by Gasteiger charge is 2.35. The molecular formula is C23H29NO4. The zero-order valence-electron chi connectivity index (χ0n) is 16.5. The first kappa shape index (κ1) is 20.4. The third kappa shape index (κ3) is 5.33. The summed E-state index contributed by atoms with van der Waals surface area (Å²) in [6.07, 6.45) is 0.279. The average Bonchev–Trinajstić information content (AvgIpc) is 2.73. The fraction of sp³-hybridized carbons (Fsp3) is 0.435. The van der Waals surface area contributed by atoms with Crippen LogP contribution in [0.5, 0.6) is 0 Å². The Balaban J connectivity index is 1.71. The summed E-state index contributed by atoms with van der Waals surface area (Å²) in [5.41, 5.74) is 1.97. The van der Waals surface area contributed by atoms with Gasteiger partial charge in [-0.3, -0.25) is 4.90 Å². The van der Waals surface area contributed by atoms with Gasteiger partial charge in [-0.2, -0.15) is 0 Å². The fourth-order valence-electron chi connectivity index (χ4n) is 3.46. The van der Waals surface area contributed by atoms with E-state index in [1.54, 1.807) is 4.90 Å². The van der Waals surface area contributed by atoms with E-state index < -0.39 is 6.29 Å². The highest BCUT2D eigenvalue weighted by atomic mass is 16.6. The second-order valence-corrected chi connectivity index (χ2v) is 7.51. The Morgan fingerprint density at radius 3 is 2.32 bits per heavy atom. The molecule has 1 aliphatic rings. The third-order valence-corrected chi connectivity index (χ3v) is 5.37. The van der Waals surface area contributed by atoms with Gasteiger partial charge in [0.1, 0.15) is 6.61 Å². The van der Waals surface area contributed by atoms with Crippen LogP contribution in [0.1, 0.15) is 37.8 Å². The fourth-order valence-corrected chi connectivity index (χ4v) is 3.46. The number of ether oxygens (including phenoxy) is 2. The van der Waals surface area contributed by atoms with Crippen LogP contribution in [0.15, 0.2) is 60.7 Å². The number of nitrogens with zero attached hydrogens (tertiary/aromatic N) is 1. The van der Waals surface area contributed by atoms with Crippen molar-refractivity contribution in [2.24, 2.45) is 5.92 Å². The van der Waals surface area contributed by atoms with Gasteiger partial charge in [0.25, 0.3) is 0 Å². The van der Waals surface area contributed by atoms with E-state index in [9.17, 15) is 9.90 Å². The van der Waals surface area contributed by atoms with Crippen molar-refractivity contribution < 1.29 is 19.4 Å². The van der Waals surface area contributed by atoms with Crippen molar-refractivity contribution in [3.8, 4) is 0 Å². The van der Waals surface area contributed by atoms with Crippen molar-refractivity contribution in [2.45, 2.75) is 58.3 Å². The molecule has 2 unspecified atom stereocenters. The van der Waals surface area contributed by atoms with Crippen LogP contribution in [-0.4, -0.2) is 34.5 Å². The second-order valence-electron chi connectivity index (χ2n) is 7.51. The van der Waals surface area contributed by atoms with E-state index in [2.05, 4.69) is 0 Å². The van der Waals surface area contributed by atoms with Gasteiger partial charge in [-0.05, 0) is 30.9 Å². The lowest BCUT2D eigenvalue weighted by molar-refractivity contribution is -0.202. The molecule has 1 amide bonds. The van der Waals surface area contributed by atoms with Crippen LogP contribution in [0.25, 0.3) is 0 Å². The molecule has 2 aromatic carbocycles. The van der Waals surface area contributed by atoms with Crippen molar-refractivity contribution in [1.29, 1.82) is 0 Å². The Bertz CT molecular complexity index is 737. The normalized spacial score (nSPS) is 23.0. The number of carbonyl (C=O) groups is 1. The Morgan fingerprint density at radius 2 is 1.71 bits per heavy atom. The van der Waals surface area contributed by atoms with Crippen molar-refractivity contribution >= 4 is 6.09 Å². The first-order valence-corrected chi connectivity index (χ1v) is 9.89. The maximum Gasteiger partial charge on any atom is 0.410 e. The molecule has 1 aliphatic heterocycles. The summed E-state index contributed by atoms with van der Waals surface area (Å²) in [5.74, 6) is 0.107. The molecule has 1 N–H and O–H groups in total. The summed E-state index contributed by atoms with van der Waals surface area (Å²) in [6, 6.07) is 19.3. The van der Waals surface area contributed by atoms with Crippen LogP contribution in [0.2, 0.25) is 0 Å². The van der Waals surface area contributed by atoms with Crippen LogP contribution in [0.3, 0.4) is 0 Å². The lowest BCUT2D eigenvalue weighted by atomic mass is 9.95. The van der Waals surface area contributed by atoms with Gasteiger partial charge in [0.05, 0.1) is 12.1 Å². The zero-order chi connectivity index (χ0) is 19.9. The molecule has 2 aromatic rings. The van der Waals surface area contributed by atoms with E-state index in [1.165, 1.54) is 0 Å². The van der Waals surface area contributed by atoms with Crippen LogP contribution >= 0.6 is 0 Å². The lowest BCUT2D eigenvalue weighted by Crippen LogP contribution is -2.49. The molecule has 1 fully saturated rings. The van der Waals surface area contributed by atoms with E-state index in [-0.39, 0.29) is 30.8 Å². The predicted molar refractivity (Wildman–Crippen MR) is 107 cm³/mol. The zero-order valence-corrected chi connectivity index (χ0v) is 16.5. The molecule has 0 aromatic heterocycles. The Labute approximate surface area is 166 Å². The Morgan fingerprint density at radius 1 is 1.11 bits per heavy atom. The lowest BCUT2D eigenvalue weighted by Gasteiger charge is -2.39. The molecule has 0 radical (unpaired) electrons.